The molecular weight excluding hydrogens is 184 g/mol. The lowest BCUT2D eigenvalue weighted by molar-refractivity contribution is 1.26. The van der Waals surface area contributed by atoms with E-state index >= 15 is 0 Å². The van der Waals surface area contributed by atoms with Crippen molar-refractivity contribution in [1.29, 1.82) is 0 Å². The van der Waals surface area contributed by atoms with E-state index in [9.17, 15) is 0 Å². The first kappa shape index (κ1) is 9.75. The number of aryl methyl sites for hydroxylation is 2. The van der Waals surface area contributed by atoms with Crippen molar-refractivity contribution in [1.82, 2.24) is 0 Å². The fourth-order valence-corrected chi connectivity index (χ4v) is 1.97. The second-order valence-corrected chi connectivity index (χ2v) is 4.74. The molecule has 0 bridgehead atoms. The highest BCUT2D eigenvalue weighted by Crippen LogP contribution is 2.30. The molecule has 1 aromatic rings. The molecule has 0 nitrogen and oxygen atoms in total. The molecule has 0 radical (unpaired) electrons. The number of thioether (sulfide) groups is 1. The summed E-state index contributed by atoms with van der Waals surface area (Å²) >= 11 is 5.77. The van der Waals surface area contributed by atoms with Crippen LogP contribution >= 0.6 is 24.4 Å². The van der Waals surface area contributed by atoms with Crippen LogP contribution in [0.5, 0.6) is 0 Å². The Bertz CT molecular complexity index is 303. The van der Waals surface area contributed by atoms with Crippen LogP contribution in [0.1, 0.15) is 11.1 Å². The summed E-state index contributed by atoms with van der Waals surface area (Å²) in [6.07, 6.45) is 0. The largest absolute Gasteiger partial charge is 0.137 e. The van der Waals surface area contributed by atoms with Gasteiger partial charge in [0.05, 0.1) is 0 Å². The number of benzene rings is 1. The molecule has 0 N–H and O–H groups in total. The highest BCUT2D eigenvalue weighted by molar-refractivity contribution is 8.15. The molecule has 0 spiro atoms. The Morgan fingerprint density at radius 3 is 2.67 bits per heavy atom. The van der Waals surface area contributed by atoms with E-state index in [1.54, 1.807) is 11.8 Å². The summed E-state index contributed by atoms with van der Waals surface area (Å²) in [4.78, 5) is 1.25. The molecule has 2 heteroatoms. The zero-order valence-corrected chi connectivity index (χ0v) is 9.01. The van der Waals surface area contributed by atoms with Crippen molar-refractivity contribution in [3.63, 3.8) is 0 Å². The van der Waals surface area contributed by atoms with Gasteiger partial charge in [0.25, 0.3) is 0 Å². The third-order valence-corrected chi connectivity index (χ3v) is 2.74. The second-order valence-electron chi connectivity index (χ2n) is 2.76. The fraction of sp³-hybridized carbons (Fsp3) is 0.200. The standard InChI is InChI=1S/C10H12S2/c1-7-4-5-8(2)10(6-7)12-9(3)11/h4-6,11H,3H2,1-2H3. The van der Waals surface area contributed by atoms with Crippen LogP contribution in [0.3, 0.4) is 0 Å². The lowest BCUT2D eigenvalue weighted by Crippen LogP contribution is -1.80. The fourth-order valence-electron chi connectivity index (χ4n) is 0.944. The van der Waals surface area contributed by atoms with Crippen molar-refractivity contribution in [3.05, 3.63) is 40.1 Å². The Morgan fingerprint density at radius 1 is 1.42 bits per heavy atom. The molecule has 0 heterocycles. The Kier molecular flexibility index (Phi) is 3.29. The average molecular weight is 196 g/mol. The van der Waals surface area contributed by atoms with Gasteiger partial charge in [-0.15, -0.1) is 12.6 Å². The Labute approximate surface area is 83.5 Å². The van der Waals surface area contributed by atoms with Gasteiger partial charge in [-0.1, -0.05) is 30.5 Å². The molecule has 0 fully saturated rings. The molecule has 1 rings (SSSR count). The van der Waals surface area contributed by atoms with Gasteiger partial charge in [-0.3, -0.25) is 0 Å². The van der Waals surface area contributed by atoms with Gasteiger partial charge in [-0.2, -0.15) is 0 Å². The highest BCUT2D eigenvalue weighted by Gasteiger charge is 1.99. The van der Waals surface area contributed by atoms with Crippen molar-refractivity contribution in [3.8, 4) is 0 Å². The maximum absolute atomic E-state index is 4.16. The van der Waals surface area contributed by atoms with Crippen molar-refractivity contribution in [2.75, 3.05) is 0 Å². The van der Waals surface area contributed by atoms with Crippen LogP contribution in [-0.2, 0) is 0 Å². The Morgan fingerprint density at radius 2 is 2.08 bits per heavy atom. The van der Waals surface area contributed by atoms with Crippen LogP contribution in [0.4, 0.5) is 0 Å². The molecule has 0 aliphatic heterocycles. The molecule has 0 saturated heterocycles. The third kappa shape index (κ3) is 2.61. The van der Waals surface area contributed by atoms with Crippen molar-refractivity contribution in [2.45, 2.75) is 18.7 Å². The molecular formula is C10H12S2. The summed E-state index contributed by atoms with van der Waals surface area (Å²) in [6, 6.07) is 6.39. The maximum Gasteiger partial charge on any atom is 0.0347 e. The number of rotatable bonds is 2. The van der Waals surface area contributed by atoms with E-state index in [1.807, 2.05) is 0 Å². The van der Waals surface area contributed by atoms with Crippen LogP contribution < -0.4 is 0 Å². The van der Waals surface area contributed by atoms with Crippen molar-refractivity contribution >= 4 is 24.4 Å². The Hall–Kier alpha value is -0.340. The van der Waals surface area contributed by atoms with E-state index in [1.165, 1.54) is 16.0 Å². The van der Waals surface area contributed by atoms with Gasteiger partial charge in [-0.25, -0.2) is 0 Å². The van der Waals surface area contributed by atoms with E-state index < -0.39 is 0 Å². The van der Waals surface area contributed by atoms with Crippen LogP contribution in [0.15, 0.2) is 33.9 Å². The second kappa shape index (κ2) is 4.06. The van der Waals surface area contributed by atoms with Gasteiger partial charge in [0.15, 0.2) is 0 Å². The highest BCUT2D eigenvalue weighted by atomic mass is 32.2. The first-order valence-electron chi connectivity index (χ1n) is 3.72. The van der Waals surface area contributed by atoms with Gasteiger partial charge in [0.1, 0.15) is 0 Å². The first-order valence-corrected chi connectivity index (χ1v) is 4.99. The molecule has 12 heavy (non-hydrogen) atoms. The van der Waals surface area contributed by atoms with E-state index in [4.69, 9.17) is 0 Å². The van der Waals surface area contributed by atoms with Crippen molar-refractivity contribution in [2.24, 2.45) is 0 Å². The molecule has 0 atom stereocenters. The van der Waals surface area contributed by atoms with Gasteiger partial charge in [0.2, 0.25) is 0 Å². The van der Waals surface area contributed by atoms with Gasteiger partial charge < -0.3 is 0 Å². The van der Waals surface area contributed by atoms with Crippen LogP contribution in [0.2, 0.25) is 0 Å². The van der Waals surface area contributed by atoms with E-state index in [0.717, 1.165) is 4.24 Å². The van der Waals surface area contributed by atoms with Crippen LogP contribution in [0.25, 0.3) is 0 Å². The first-order chi connectivity index (χ1) is 5.59. The number of hydrogen-bond acceptors (Lipinski definition) is 2. The summed E-state index contributed by atoms with van der Waals surface area (Å²) in [6.45, 7) is 7.93. The third-order valence-electron chi connectivity index (χ3n) is 1.57. The topological polar surface area (TPSA) is 0 Å². The van der Waals surface area contributed by atoms with E-state index in [2.05, 4.69) is 51.3 Å². The zero-order chi connectivity index (χ0) is 9.14. The Balaban J connectivity index is 2.97. The molecule has 64 valence electrons. The smallest absolute Gasteiger partial charge is 0.0347 e. The molecule has 1 aromatic carbocycles. The van der Waals surface area contributed by atoms with Crippen LogP contribution in [-0.4, -0.2) is 0 Å². The lowest BCUT2D eigenvalue weighted by atomic mass is 10.2. The van der Waals surface area contributed by atoms with E-state index in [0.29, 0.717) is 0 Å². The molecule has 0 amide bonds. The summed E-state index contributed by atoms with van der Waals surface area (Å²) in [5.74, 6) is 0. The van der Waals surface area contributed by atoms with Crippen molar-refractivity contribution < 1.29 is 0 Å². The molecule has 0 aliphatic carbocycles. The summed E-state index contributed by atoms with van der Waals surface area (Å²) in [5, 5.41) is 0. The van der Waals surface area contributed by atoms with Gasteiger partial charge in [0, 0.05) is 9.13 Å². The summed E-state index contributed by atoms with van der Waals surface area (Å²) < 4.78 is 0.837. The van der Waals surface area contributed by atoms with Gasteiger partial charge in [-0.05, 0) is 31.0 Å². The summed E-state index contributed by atoms with van der Waals surface area (Å²) in [5.41, 5.74) is 2.55. The number of hydrogen-bond donors (Lipinski definition) is 1. The van der Waals surface area contributed by atoms with Crippen LogP contribution in [0, 0.1) is 13.8 Å². The molecule has 0 unspecified atom stereocenters. The molecule has 0 saturated carbocycles. The van der Waals surface area contributed by atoms with E-state index in [-0.39, 0.29) is 0 Å². The molecule has 0 aromatic heterocycles. The monoisotopic (exact) mass is 196 g/mol. The average Bonchev–Trinajstić information content (AvgIpc) is 1.96. The number of thiol groups is 1. The minimum atomic E-state index is 0.837. The summed E-state index contributed by atoms with van der Waals surface area (Å²) in [7, 11) is 0. The lowest BCUT2D eigenvalue weighted by Gasteiger charge is -2.04. The molecule has 0 aliphatic rings. The van der Waals surface area contributed by atoms with Gasteiger partial charge >= 0.3 is 0 Å². The predicted octanol–water partition coefficient (Wildman–Crippen LogP) is 3.80. The quantitative estimate of drug-likeness (QED) is 0.554. The minimum absolute atomic E-state index is 0.837. The zero-order valence-electron chi connectivity index (χ0n) is 7.29. The maximum atomic E-state index is 4.16. The SMILES string of the molecule is C=C(S)Sc1cc(C)ccc1C. The normalized spacial score (nSPS) is 9.92. The minimum Gasteiger partial charge on any atom is -0.137 e. The predicted molar refractivity (Wildman–Crippen MR) is 59.9 cm³/mol.